The number of hydrogen-bond acceptors (Lipinski definition) is 5. The second-order valence-electron chi connectivity index (χ2n) is 6.52. The van der Waals surface area contributed by atoms with Gasteiger partial charge in [-0.3, -0.25) is 9.59 Å². The van der Waals surface area contributed by atoms with Gasteiger partial charge >= 0.3 is 0 Å². The molecule has 2 N–H and O–H groups in total. The van der Waals surface area contributed by atoms with Crippen LogP contribution in [0, 0.1) is 0 Å². The Bertz CT molecular complexity index is 851. The van der Waals surface area contributed by atoms with E-state index >= 15 is 0 Å². The van der Waals surface area contributed by atoms with Crippen LogP contribution in [-0.4, -0.2) is 61.7 Å². The molecule has 2 aromatic rings. The summed E-state index contributed by atoms with van der Waals surface area (Å²) in [5, 5.41) is 12.7. The minimum atomic E-state index is -0.434. The van der Waals surface area contributed by atoms with Crippen LogP contribution in [0.25, 0.3) is 0 Å². The quantitative estimate of drug-likeness (QED) is 0.735. The number of nitrogens with one attached hydrogen (secondary N) is 1. The largest absolute Gasteiger partial charge is 0.507 e. The Morgan fingerprint density at radius 1 is 1.18 bits per heavy atom. The van der Waals surface area contributed by atoms with E-state index in [1.807, 2.05) is 24.3 Å². The maximum absolute atomic E-state index is 12.5. The predicted octanol–water partition coefficient (Wildman–Crippen LogP) is 2.70. The van der Waals surface area contributed by atoms with Gasteiger partial charge in [0, 0.05) is 36.0 Å². The smallest absolute Gasteiger partial charge is 0.257 e. The molecule has 7 nitrogen and oxygen atoms in total. The SMILES string of the molecule is CN(CC(=O)Nc1ccc(N2CCOCC2)cc1)C(=O)c1cc(Br)ccc1O. The number of hydrogen-bond donors (Lipinski definition) is 2. The molecule has 8 heteroatoms. The van der Waals surface area contributed by atoms with Crippen molar-refractivity contribution >= 4 is 39.1 Å². The number of anilines is 2. The van der Waals surface area contributed by atoms with Crippen LogP contribution in [0.3, 0.4) is 0 Å². The summed E-state index contributed by atoms with van der Waals surface area (Å²) in [6.45, 7) is 3.00. The van der Waals surface area contributed by atoms with Gasteiger partial charge in [-0.25, -0.2) is 0 Å². The molecule has 0 aliphatic carbocycles. The molecule has 3 rings (SSSR count). The van der Waals surface area contributed by atoms with Gasteiger partial charge in [-0.2, -0.15) is 0 Å². The summed E-state index contributed by atoms with van der Waals surface area (Å²) in [5.74, 6) is -0.875. The molecule has 1 heterocycles. The molecule has 0 aromatic heterocycles. The van der Waals surface area contributed by atoms with Crippen LogP contribution in [0.15, 0.2) is 46.9 Å². The van der Waals surface area contributed by atoms with E-state index in [0.29, 0.717) is 23.4 Å². The monoisotopic (exact) mass is 447 g/mol. The normalized spacial score (nSPS) is 13.9. The highest BCUT2D eigenvalue weighted by Gasteiger charge is 2.19. The number of aromatic hydroxyl groups is 1. The molecule has 28 heavy (non-hydrogen) atoms. The molecular formula is C20H22BrN3O4. The molecule has 1 aliphatic heterocycles. The lowest BCUT2D eigenvalue weighted by Crippen LogP contribution is -2.36. The van der Waals surface area contributed by atoms with Gasteiger partial charge in [0.1, 0.15) is 5.75 Å². The van der Waals surface area contributed by atoms with Crippen molar-refractivity contribution in [3.8, 4) is 5.75 Å². The lowest BCUT2D eigenvalue weighted by atomic mass is 10.2. The standard InChI is InChI=1S/C20H22BrN3O4/c1-23(20(27)17-12-14(21)2-7-18(17)25)13-19(26)22-15-3-5-16(6-4-15)24-8-10-28-11-9-24/h2-7,12,25H,8-11,13H2,1H3,(H,22,26). The average Bonchev–Trinajstić information content (AvgIpc) is 2.70. The van der Waals surface area contributed by atoms with Gasteiger partial charge in [-0.05, 0) is 42.5 Å². The van der Waals surface area contributed by atoms with Crippen LogP contribution < -0.4 is 10.2 Å². The first kappa shape index (κ1) is 20.2. The Balaban J connectivity index is 1.57. The van der Waals surface area contributed by atoms with Crippen LogP contribution >= 0.6 is 15.9 Å². The molecule has 148 valence electrons. The molecule has 0 unspecified atom stereocenters. The maximum Gasteiger partial charge on any atom is 0.257 e. The number of rotatable bonds is 5. The van der Waals surface area contributed by atoms with Crippen molar-refractivity contribution in [1.29, 1.82) is 0 Å². The summed E-state index contributed by atoms with van der Waals surface area (Å²) in [6.07, 6.45) is 0. The molecule has 0 atom stereocenters. The zero-order chi connectivity index (χ0) is 20.1. The van der Waals surface area contributed by atoms with Gasteiger partial charge in [0.05, 0.1) is 25.3 Å². The molecule has 1 aliphatic rings. The molecular weight excluding hydrogens is 426 g/mol. The van der Waals surface area contributed by atoms with Crippen molar-refractivity contribution in [3.63, 3.8) is 0 Å². The fourth-order valence-corrected chi connectivity index (χ4v) is 3.31. The minimum Gasteiger partial charge on any atom is -0.507 e. The first-order chi connectivity index (χ1) is 13.4. The molecule has 2 aromatic carbocycles. The summed E-state index contributed by atoms with van der Waals surface area (Å²) in [5.41, 5.74) is 1.88. The molecule has 1 saturated heterocycles. The third-order valence-corrected chi connectivity index (χ3v) is 4.94. The van der Waals surface area contributed by atoms with E-state index in [-0.39, 0.29) is 23.8 Å². The Hall–Kier alpha value is -2.58. The molecule has 1 fully saturated rings. The summed E-state index contributed by atoms with van der Waals surface area (Å²) in [4.78, 5) is 28.3. The third-order valence-electron chi connectivity index (χ3n) is 4.44. The highest BCUT2D eigenvalue weighted by molar-refractivity contribution is 9.10. The van der Waals surface area contributed by atoms with Gasteiger partial charge in [0.25, 0.3) is 5.91 Å². The average molecular weight is 448 g/mol. The fraction of sp³-hybridized carbons (Fsp3) is 0.300. The Morgan fingerprint density at radius 3 is 2.54 bits per heavy atom. The predicted molar refractivity (Wildman–Crippen MR) is 111 cm³/mol. The molecule has 0 saturated carbocycles. The van der Waals surface area contributed by atoms with Crippen molar-refractivity contribution in [2.45, 2.75) is 0 Å². The van der Waals surface area contributed by atoms with Gasteiger partial charge in [0.2, 0.25) is 5.91 Å². The number of carbonyl (C=O) groups excluding carboxylic acids is 2. The number of benzene rings is 2. The summed E-state index contributed by atoms with van der Waals surface area (Å²) >= 11 is 3.27. The van der Waals surface area contributed by atoms with E-state index in [4.69, 9.17) is 4.74 Å². The maximum atomic E-state index is 12.5. The van der Waals surface area contributed by atoms with E-state index in [0.717, 1.165) is 18.8 Å². The van der Waals surface area contributed by atoms with E-state index in [9.17, 15) is 14.7 Å². The van der Waals surface area contributed by atoms with Gasteiger partial charge in [-0.1, -0.05) is 15.9 Å². The first-order valence-electron chi connectivity index (χ1n) is 8.90. The number of nitrogens with zero attached hydrogens (tertiary/aromatic N) is 2. The third kappa shape index (κ3) is 5.02. The molecule has 0 bridgehead atoms. The van der Waals surface area contributed by atoms with E-state index in [1.54, 1.807) is 6.07 Å². The summed E-state index contributed by atoms with van der Waals surface area (Å²) in [6, 6.07) is 12.2. The van der Waals surface area contributed by atoms with Crippen molar-refractivity contribution in [2.24, 2.45) is 0 Å². The molecule has 0 radical (unpaired) electrons. The lowest BCUT2D eigenvalue weighted by molar-refractivity contribution is -0.116. The van der Waals surface area contributed by atoms with Crippen molar-refractivity contribution in [2.75, 3.05) is 50.1 Å². The second kappa shape index (κ2) is 9.07. The minimum absolute atomic E-state index is 0.126. The summed E-state index contributed by atoms with van der Waals surface area (Å²) in [7, 11) is 1.52. The van der Waals surface area contributed by atoms with Gasteiger partial charge in [0.15, 0.2) is 0 Å². The Kier molecular flexibility index (Phi) is 6.53. The fourth-order valence-electron chi connectivity index (χ4n) is 2.95. The van der Waals surface area contributed by atoms with Gasteiger partial charge in [-0.15, -0.1) is 0 Å². The highest BCUT2D eigenvalue weighted by Crippen LogP contribution is 2.23. The summed E-state index contributed by atoms with van der Waals surface area (Å²) < 4.78 is 6.02. The zero-order valence-corrected chi connectivity index (χ0v) is 17.1. The Labute approximate surface area is 172 Å². The second-order valence-corrected chi connectivity index (χ2v) is 7.43. The number of phenolic OH excluding ortho intramolecular Hbond substituents is 1. The van der Waals surface area contributed by atoms with Crippen molar-refractivity contribution < 1.29 is 19.4 Å². The number of carbonyl (C=O) groups is 2. The van der Waals surface area contributed by atoms with Crippen molar-refractivity contribution in [1.82, 2.24) is 4.90 Å². The topological polar surface area (TPSA) is 82.1 Å². The van der Waals surface area contributed by atoms with Crippen molar-refractivity contribution in [3.05, 3.63) is 52.5 Å². The van der Waals surface area contributed by atoms with E-state index in [2.05, 4.69) is 26.1 Å². The van der Waals surface area contributed by atoms with Crippen LogP contribution in [0.1, 0.15) is 10.4 Å². The number of phenols is 1. The van der Waals surface area contributed by atoms with Crippen LogP contribution in [0.4, 0.5) is 11.4 Å². The van der Waals surface area contributed by atoms with Crippen LogP contribution in [-0.2, 0) is 9.53 Å². The number of ether oxygens (including phenoxy) is 1. The zero-order valence-electron chi connectivity index (χ0n) is 15.5. The van der Waals surface area contributed by atoms with E-state index in [1.165, 1.54) is 24.1 Å². The number of likely N-dealkylation sites (N-methyl/N-ethyl adjacent to an activating group) is 1. The van der Waals surface area contributed by atoms with Crippen LogP contribution in [0.5, 0.6) is 5.75 Å². The van der Waals surface area contributed by atoms with E-state index < -0.39 is 5.91 Å². The molecule has 0 spiro atoms. The highest BCUT2D eigenvalue weighted by atomic mass is 79.9. The molecule has 2 amide bonds. The number of amides is 2. The first-order valence-corrected chi connectivity index (χ1v) is 9.70. The Morgan fingerprint density at radius 2 is 1.86 bits per heavy atom. The van der Waals surface area contributed by atoms with Gasteiger partial charge < -0.3 is 25.0 Å². The van der Waals surface area contributed by atoms with Crippen LogP contribution in [0.2, 0.25) is 0 Å². The number of halogens is 1. The lowest BCUT2D eigenvalue weighted by Gasteiger charge is -2.28. The number of morpholine rings is 1.